The summed E-state index contributed by atoms with van der Waals surface area (Å²) in [5.41, 5.74) is 0.793. The summed E-state index contributed by atoms with van der Waals surface area (Å²) in [6.45, 7) is 2.99. The smallest absolute Gasteiger partial charge is 0.346 e. The van der Waals surface area contributed by atoms with Crippen LogP contribution in [0, 0.1) is 11.3 Å². The summed E-state index contributed by atoms with van der Waals surface area (Å²) in [4.78, 5) is 10.5. The molecule has 0 fully saturated rings. The average Bonchev–Trinajstić information content (AvgIpc) is 2.81. The molecule has 0 saturated carbocycles. The molecule has 1 heterocycles. The molecule has 0 atom stereocenters. The van der Waals surface area contributed by atoms with Crippen LogP contribution in [0.2, 0.25) is 0 Å². The number of hydrogen-bond donors (Lipinski definition) is 1. The molecule has 4 nitrogen and oxygen atoms in total. The molecule has 1 aromatic heterocycles. The Morgan fingerprint density at radius 3 is 2.83 bits per heavy atom. The number of carboxylic acids is 1. The molecule has 0 aliphatic heterocycles. The van der Waals surface area contributed by atoms with E-state index in [9.17, 15) is 4.79 Å². The summed E-state index contributed by atoms with van der Waals surface area (Å²) < 4.78 is 2.06. The summed E-state index contributed by atoms with van der Waals surface area (Å²) in [5, 5.41) is 17.1. The fourth-order valence-electron chi connectivity index (χ4n) is 1.29. The minimum Gasteiger partial charge on any atom is -0.477 e. The lowest BCUT2D eigenvalue weighted by molar-refractivity contribution is -0.132. The van der Waals surface area contributed by atoms with Crippen molar-refractivity contribution in [3.8, 4) is 6.07 Å². The standard InChI is InChI=1S/C14H14N2O2/c1-2-16-9-8-12(11-16)6-4-3-5-7-13(10-15)14(17)18/h3-9,11H,2H2,1H3,(H,17,18)/b5-3+,6-4+,13-7+. The van der Waals surface area contributed by atoms with Gasteiger partial charge in [0, 0.05) is 18.9 Å². The summed E-state index contributed by atoms with van der Waals surface area (Å²) >= 11 is 0. The first-order chi connectivity index (χ1) is 8.67. The van der Waals surface area contributed by atoms with Crippen molar-refractivity contribution in [2.24, 2.45) is 0 Å². The molecule has 92 valence electrons. The zero-order chi connectivity index (χ0) is 13.4. The van der Waals surface area contributed by atoms with Crippen LogP contribution in [0.25, 0.3) is 6.08 Å². The van der Waals surface area contributed by atoms with Gasteiger partial charge in [0.2, 0.25) is 0 Å². The highest BCUT2D eigenvalue weighted by Gasteiger charge is 2.01. The van der Waals surface area contributed by atoms with Gasteiger partial charge in [0.25, 0.3) is 0 Å². The molecule has 0 radical (unpaired) electrons. The maximum Gasteiger partial charge on any atom is 0.346 e. The minimum atomic E-state index is -1.22. The van der Waals surface area contributed by atoms with Gasteiger partial charge >= 0.3 is 5.97 Å². The Morgan fingerprint density at radius 1 is 1.50 bits per heavy atom. The fraction of sp³-hybridized carbons (Fsp3) is 0.143. The highest BCUT2D eigenvalue weighted by atomic mass is 16.4. The molecule has 1 aromatic rings. The second-order valence-corrected chi connectivity index (χ2v) is 3.52. The quantitative estimate of drug-likeness (QED) is 0.490. The van der Waals surface area contributed by atoms with Crippen molar-refractivity contribution in [1.29, 1.82) is 5.26 Å². The first-order valence-electron chi connectivity index (χ1n) is 5.51. The van der Waals surface area contributed by atoms with E-state index in [0.717, 1.165) is 12.1 Å². The second-order valence-electron chi connectivity index (χ2n) is 3.52. The molecule has 0 saturated heterocycles. The Morgan fingerprint density at radius 2 is 2.28 bits per heavy atom. The zero-order valence-electron chi connectivity index (χ0n) is 10.1. The van der Waals surface area contributed by atoms with Crippen LogP contribution in [0.4, 0.5) is 0 Å². The van der Waals surface area contributed by atoms with Crippen LogP contribution >= 0.6 is 0 Å². The number of aliphatic carboxylic acids is 1. The van der Waals surface area contributed by atoms with E-state index >= 15 is 0 Å². The Labute approximate surface area is 106 Å². The van der Waals surface area contributed by atoms with Gasteiger partial charge in [-0.1, -0.05) is 24.3 Å². The van der Waals surface area contributed by atoms with Gasteiger partial charge < -0.3 is 9.67 Å². The largest absolute Gasteiger partial charge is 0.477 e. The number of rotatable bonds is 5. The monoisotopic (exact) mass is 242 g/mol. The van der Waals surface area contributed by atoms with Crippen molar-refractivity contribution in [1.82, 2.24) is 4.57 Å². The molecule has 1 N–H and O–H groups in total. The summed E-state index contributed by atoms with van der Waals surface area (Å²) in [6, 6.07) is 3.59. The maximum absolute atomic E-state index is 10.5. The van der Waals surface area contributed by atoms with Gasteiger partial charge in [-0.3, -0.25) is 0 Å². The highest BCUT2D eigenvalue weighted by Crippen LogP contribution is 2.03. The fourth-order valence-corrected chi connectivity index (χ4v) is 1.29. The summed E-state index contributed by atoms with van der Waals surface area (Å²) in [6.07, 6.45) is 12.2. The van der Waals surface area contributed by atoms with Crippen molar-refractivity contribution in [3.05, 3.63) is 53.9 Å². The Balaban J connectivity index is 2.60. The Bertz CT molecular complexity index is 542. The molecule has 0 unspecified atom stereocenters. The van der Waals surface area contributed by atoms with Crippen LogP contribution in [-0.4, -0.2) is 15.6 Å². The third-order valence-electron chi connectivity index (χ3n) is 2.26. The molecule has 0 aromatic carbocycles. The molecular formula is C14H14N2O2. The SMILES string of the molecule is CCn1ccc(/C=C/C=C/C=C(\C#N)C(=O)O)c1. The van der Waals surface area contributed by atoms with E-state index in [1.807, 2.05) is 24.5 Å². The van der Waals surface area contributed by atoms with Gasteiger partial charge in [0.05, 0.1) is 0 Å². The van der Waals surface area contributed by atoms with Crippen molar-refractivity contribution in [3.63, 3.8) is 0 Å². The molecule has 0 amide bonds. The lowest BCUT2D eigenvalue weighted by Crippen LogP contribution is -1.96. The van der Waals surface area contributed by atoms with Crippen LogP contribution in [-0.2, 0) is 11.3 Å². The van der Waals surface area contributed by atoms with Crippen molar-refractivity contribution in [2.45, 2.75) is 13.5 Å². The van der Waals surface area contributed by atoms with E-state index in [-0.39, 0.29) is 5.57 Å². The third-order valence-corrected chi connectivity index (χ3v) is 2.26. The first kappa shape index (κ1) is 13.5. The number of aromatic nitrogens is 1. The van der Waals surface area contributed by atoms with Gasteiger partial charge in [-0.2, -0.15) is 5.26 Å². The van der Waals surface area contributed by atoms with Gasteiger partial charge in [0.15, 0.2) is 0 Å². The lowest BCUT2D eigenvalue weighted by Gasteiger charge is -1.91. The van der Waals surface area contributed by atoms with Gasteiger partial charge in [-0.25, -0.2) is 4.79 Å². The number of nitriles is 1. The number of nitrogens with zero attached hydrogens (tertiary/aromatic N) is 2. The van der Waals surface area contributed by atoms with Crippen molar-refractivity contribution < 1.29 is 9.90 Å². The predicted octanol–water partition coefficient (Wildman–Crippen LogP) is 2.61. The van der Waals surface area contributed by atoms with E-state index in [0.29, 0.717) is 0 Å². The third kappa shape index (κ3) is 4.14. The van der Waals surface area contributed by atoms with Gasteiger partial charge in [0.1, 0.15) is 11.6 Å². The van der Waals surface area contributed by atoms with Crippen LogP contribution < -0.4 is 0 Å². The van der Waals surface area contributed by atoms with Crippen LogP contribution in [0.5, 0.6) is 0 Å². The maximum atomic E-state index is 10.5. The van der Waals surface area contributed by atoms with E-state index in [2.05, 4.69) is 11.5 Å². The zero-order valence-corrected chi connectivity index (χ0v) is 10.1. The summed E-state index contributed by atoms with van der Waals surface area (Å²) in [7, 11) is 0. The number of allylic oxidation sites excluding steroid dienone is 4. The van der Waals surface area contributed by atoms with E-state index in [1.54, 1.807) is 18.2 Å². The molecule has 0 spiro atoms. The van der Waals surface area contributed by atoms with Gasteiger partial charge in [-0.05, 0) is 24.6 Å². The first-order valence-corrected chi connectivity index (χ1v) is 5.51. The van der Waals surface area contributed by atoms with Gasteiger partial charge in [-0.15, -0.1) is 0 Å². The highest BCUT2D eigenvalue weighted by molar-refractivity contribution is 5.91. The molecule has 4 heteroatoms. The molecule has 0 aliphatic rings. The Hall–Kier alpha value is -2.54. The predicted molar refractivity (Wildman–Crippen MR) is 69.6 cm³/mol. The second kappa shape index (κ2) is 6.92. The normalized spacial score (nSPS) is 12.1. The molecule has 1 rings (SSSR count). The molecule has 0 aliphatic carbocycles. The Kier molecular flexibility index (Phi) is 5.20. The number of hydrogen-bond acceptors (Lipinski definition) is 2. The minimum absolute atomic E-state index is 0.281. The number of carboxylic acid groups (broad SMARTS) is 1. The number of carbonyl (C=O) groups is 1. The molecule has 18 heavy (non-hydrogen) atoms. The lowest BCUT2D eigenvalue weighted by atomic mass is 10.2. The van der Waals surface area contributed by atoms with Crippen molar-refractivity contribution >= 4 is 12.0 Å². The number of aryl methyl sites for hydroxylation is 1. The van der Waals surface area contributed by atoms with Crippen molar-refractivity contribution in [2.75, 3.05) is 0 Å². The molecule has 0 bridgehead atoms. The van der Waals surface area contributed by atoms with E-state index in [4.69, 9.17) is 10.4 Å². The topological polar surface area (TPSA) is 66.0 Å². The average molecular weight is 242 g/mol. The van der Waals surface area contributed by atoms with E-state index in [1.165, 1.54) is 12.2 Å². The van der Waals surface area contributed by atoms with Crippen LogP contribution in [0.1, 0.15) is 12.5 Å². The van der Waals surface area contributed by atoms with E-state index < -0.39 is 5.97 Å². The van der Waals surface area contributed by atoms with Crippen LogP contribution in [0.15, 0.2) is 48.3 Å². The van der Waals surface area contributed by atoms with Crippen LogP contribution in [0.3, 0.4) is 0 Å². The molecular weight excluding hydrogens is 228 g/mol. The summed E-state index contributed by atoms with van der Waals surface area (Å²) in [5.74, 6) is -1.22.